The van der Waals surface area contributed by atoms with Crippen LogP contribution in [0.2, 0.25) is 0 Å². The third-order valence-corrected chi connectivity index (χ3v) is 4.61. The van der Waals surface area contributed by atoms with Crippen molar-refractivity contribution in [1.29, 1.82) is 0 Å². The minimum Gasteiger partial charge on any atom is -0.481 e. The van der Waals surface area contributed by atoms with Crippen LogP contribution in [0.1, 0.15) is 19.8 Å². The molecule has 1 unspecified atom stereocenters. The van der Waals surface area contributed by atoms with E-state index in [9.17, 15) is 4.79 Å². The summed E-state index contributed by atoms with van der Waals surface area (Å²) in [6.45, 7) is 3.92. The van der Waals surface area contributed by atoms with E-state index < -0.39 is 6.10 Å². The molecular formula is C19H21BrN2O2. The SMILES string of the molecule is CC(Oc1ccc(Br)cc1)C(=O)Nc1cccc(N2CCCC2)c1. The average Bonchev–Trinajstić information content (AvgIpc) is 3.12. The first kappa shape index (κ1) is 16.8. The van der Waals surface area contributed by atoms with Gasteiger partial charge in [-0.15, -0.1) is 0 Å². The summed E-state index contributed by atoms with van der Waals surface area (Å²) >= 11 is 3.38. The van der Waals surface area contributed by atoms with E-state index in [0.29, 0.717) is 5.75 Å². The third kappa shape index (κ3) is 4.29. The lowest BCUT2D eigenvalue weighted by atomic mass is 10.2. The van der Waals surface area contributed by atoms with Crippen LogP contribution < -0.4 is 15.0 Å². The molecule has 0 bridgehead atoms. The Hall–Kier alpha value is -2.01. The van der Waals surface area contributed by atoms with Crippen molar-refractivity contribution in [3.63, 3.8) is 0 Å². The van der Waals surface area contributed by atoms with E-state index >= 15 is 0 Å². The van der Waals surface area contributed by atoms with Crippen molar-refractivity contribution in [2.45, 2.75) is 25.9 Å². The van der Waals surface area contributed by atoms with Crippen molar-refractivity contribution in [2.75, 3.05) is 23.3 Å². The molecule has 126 valence electrons. The Labute approximate surface area is 150 Å². The highest BCUT2D eigenvalue weighted by atomic mass is 79.9. The van der Waals surface area contributed by atoms with Crippen molar-refractivity contribution in [3.05, 3.63) is 53.0 Å². The fraction of sp³-hybridized carbons (Fsp3) is 0.316. The lowest BCUT2D eigenvalue weighted by Gasteiger charge is -2.19. The second-order valence-electron chi connectivity index (χ2n) is 5.95. The van der Waals surface area contributed by atoms with Crippen molar-refractivity contribution >= 4 is 33.2 Å². The lowest BCUT2D eigenvalue weighted by Crippen LogP contribution is -2.30. The van der Waals surface area contributed by atoms with Gasteiger partial charge in [0.2, 0.25) is 0 Å². The first-order chi connectivity index (χ1) is 11.6. The minimum atomic E-state index is -0.568. The Morgan fingerprint density at radius 3 is 2.58 bits per heavy atom. The van der Waals surface area contributed by atoms with Gasteiger partial charge in [-0.05, 0) is 62.2 Å². The molecule has 24 heavy (non-hydrogen) atoms. The number of rotatable bonds is 5. The summed E-state index contributed by atoms with van der Waals surface area (Å²) in [7, 11) is 0. The zero-order valence-corrected chi connectivity index (χ0v) is 15.3. The van der Waals surface area contributed by atoms with Gasteiger partial charge in [0.25, 0.3) is 5.91 Å². The first-order valence-corrected chi connectivity index (χ1v) is 8.99. The molecule has 4 nitrogen and oxygen atoms in total. The van der Waals surface area contributed by atoms with Gasteiger partial charge in [0, 0.05) is 28.9 Å². The molecule has 1 N–H and O–H groups in total. The van der Waals surface area contributed by atoms with Gasteiger partial charge in [-0.1, -0.05) is 22.0 Å². The predicted octanol–water partition coefficient (Wildman–Crippen LogP) is 4.46. The number of carbonyl (C=O) groups is 1. The van der Waals surface area contributed by atoms with Crippen LogP contribution in [-0.2, 0) is 4.79 Å². The number of ether oxygens (including phenoxy) is 1. The molecule has 1 aliphatic rings. The van der Waals surface area contributed by atoms with E-state index in [-0.39, 0.29) is 5.91 Å². The molecule has 0 aromatic heterocycles. The number of carbonyl (C=O) groups excluding carboxylic acids is 1. The molecule has 0 radical (unpaired) electrons. The molecule has 3 rings (SSSR count). The molecule has 1 aliphatic heterocycles. The number of anilines is 2. The third-order valence-electron chi connectivity index (χ3n) is 4.08. The quantitative estimate of drug-likeness (QED) is 0.821. The number of hydrogen-bond donors (Lipinski definition) is 1. The molecule has 5 heteroatoms. The predicted molar refractivity (Wildman–Crippen MR) is 101 cm³/mol. The smallest absolute Gasteiger partial charge is 0.265 e. The summed E-state index contributed by atoms with van der Waals surface area (Å²) in [6, 6.07) is 15.4. The van der Waals surface area contributed by atoms with Gasteiger partial charge in [-0.3, -0.25) is 4.79 Å². The van der Waals surface area contributed by atoms with E-state index in [1.54, 1.807) is 6.92 Å². The van der Waals surface area contributed by atoms with Crippen LogP contribution in [0.25, 0.3) is 0 Å². The number of nitrogens with one attached hydrogen (secondary N) is 1. The Balaban J connectivity index is 1.61. The monoisotopic (exact) mass is 388 g/mol. The van der Waals surface area contributed by atoms with Gasteiger partial charge in [0.1, 0.15) is 5.75 Å². The van der Waals surface area contributed by atoms with Crippen molar-refractivity contribution in [3.8, 4) is 5.75 Å². The highest BCUT2D eigenvalue weighted by molar-refractivity contribution is 9.10. The number of amides is 1. The normalized spacial score (nSPS) is 15.2. The average molecular weight is 389 g/mol. The zero-order valence-electron chi connectivity index (χ0n) is 13.7. The fourth-order valence-electron chi connectivity index (χ4n) is 2.77. The van der Waals surface area contributed by atoms with E-state index in [0.717, 1.165) is 28.9 Å². The Kier molecular flexibility index (Phi) is 5.41. The number of hydrogen-bond acceptors (Lipinski definition) is 3. The largest absolute Gasteiger partial charge is 0.481 e. The molecule has 2 aromatic rings. The summed E-state index contributed by atoms with van der Waals surface area (Å²) in [5, 5.41) is 2.94. The number of benzene rings is 2. The van der Waals surface area contributed by atoms with Crippen LogP contribution in [0.15, 0.2) is 53.0 Å². The maximum Gasteiger partial charge on any atom is 0.265 e. The van der Waals surface area contributed by atoms with Crippen LogP contribution >= 0.6 is 15.9 Å². The molecule has 1 heterocycles. The fourth-order valence-corrected chi connectivity index (χ4v) is 3.03. The molecule has 1 fully saturated rings. The van der Waals surface area contributed by atoms with Crippen molar-refractivity contribution in [1.82, 2.24) is 0 Å². The highest BCUT2D eigenvalue weighted by Crippen LogP contribution is 2.23. The zero-order chi connectivity index (χ0) is 16.9. The van der Waals surface area contributed by atoms with E-state index in [1.807, 2.05) is 42.5 Å². The van der Waals surface area contributed by atoms with Gasteiger partial charge in [0.15, 0.2) is 6.10 Å². The Morgan fingerprint density at radius 1 is 1.17 bits per heavy atom. The number of halogens is 1. The molecule has 2 aromatic carbocycles. The second kappa shape index (κ2) is 7.71. The van der Waals surface area contributed by atoms with Crippen molar-refractivity contribution in [2.24, 2.45) is 0 Å². The van der Waals surface area contributed by atoms with E-state index in [1.165, 1.54) is 12.8 Å². The van der Waals surface area contributed by atoms with Gasteiger partial charge in [-0.25, -0.2) is 0 Å². The van der Waals surface area contributed by atoms with E-state index in [2.05, 4.69) is 32.2 Å². The summed E-state index contributed by atoms with van der Waals surface area (Å²) in [4.78, 5) is 14.7. The van der Waals surface area contributed by atoms with Crippen molar-refractivity contribution < 1.29 is 9.53 Å². The second-order valence-corrected chi connectivity index (χ2v) is 6.86. The summed E-state index contributed by atoms with van der Waals surface area (Å²) < 4.78 is 6.67. The van der Waals surface area contributed by atoms with Crippen LogP contribution in [0.3, 0.4) is 0 Å². The Morgan fingerprint density at radius 2 is 1.88 bits per heavy atom. The van der Waals surface area contributed by atoms with Crippen LogP contribution in [-0.4, -0.2) is 25.1 Å². The molecule has 0 aliphatic carbocycles. The maximum absolute atomic E-state index is 12.4. The number of nitrogens with zero attached hydrogens (tertiary/aromatic N) is 1. The maximum atomic E-state index is 12.4. The Bertz CT molecular complexity index is 697. The molecule has 0 spiro atoms. The van der Waals surface area contributed by atoms with Gasteiger partial charge in [-0.2, -0.15) is 0 Å². The molecular weight excluding hydrogens is 368 g/mol. The summed E-state index contributed by atoms with van der Waals surface area (Å²) in [5.74, 6) is 0.517. The first-order valence-electron chi connectivity index (χ1n) is 8.20. The topological polar surface area (TPSA) is 41.6 Å². The molecule has 1 atom stereocenters. The molecule has 1 amide bonds. The summed E-state index contributed by atoms with van der Waals surface area (Å²) in [5.41, 5.74) is 1.96. The van der Waals surface area contributed by atoms with Crippen LogP contribution in [0.5, 0.6) is 5.75 Å². The molecule has 1 saturated heterocycles. The van der Waals surface area contributed by atoms with Gasteiger partial charge in [0.05, 0.1) is 0 Å². The van der Waals surface area contributed by atoms with Crippen LogP contribution in [0.4, 0.5) is 11.4 Å². The highest BCUT2D eigenvalue weighted by Gasteiger charge is 2.16. The standard InChI is InChI=1S/C19H21BrN2O2/c1-14(24-18-9-7-15(20)8-10-18)19(23)21-16-5-4-6-17(13-16)22-11-2-3-12-22/h4-10,13-14H,2-3,11-12H2,1H3,(H,21,23). The molecule has 0 saturated carbocycles. The van der Waals surface area contributed by atoms with Gasteiger partial charge >= 0.3 is 0 Å². The van der Waals surface area contributed by atoms with E-state index in [4.69, 9.17) is 4.74 Å². The van der Waals surface area contributed by atoms with Crippen LogP contribution in [0, 0.1) is 0 Å². The lowest BCUT2D eigenvalue weighted by molar-refractivity contribution is -0.122. The minimum absolute atomic E-state index is 0.156. The van der Waals surface area contributed by atoms with Gasteiger partial charge < -0.3 is 15.0 Å². The summed E-state index contributed by atoms with van der Waals surface area (Å²) in [6.07, 6.45) is 1.89.